The molecule has 0 aliphatic heterocycles. The lowest BCUT2D eigenvalue weighted by atomic mass is 10.3. The Bertz CT molecular complexity index is 302. The Morgan fingerprint density at radius 3 is 2.54 bits per heavy atom. The molecule has 1 nitrogen and oxygen atoms in total. The quantitative estimate of drug-likeness (QED) is 0.700. The number of hydrogen-bond acceptors (Lipinski definition) is 2. The molecule has 0 radical (unpaired) electrons. The highest BCUT2D eigenvalue weighted by Crippen LogP contribution is 2.28. The van der Waals surface area contributed by atoms with E-state index in [9.17, 15) is 8.78 Å². The van der Waals surface area contributed by atoms with Gasteiger partial charge < -0.3 is 4.74 Å². The maximum Gasteiger partial charge on any atom is 0.201 e. The lowest BCUT2D eigenvalue weighted by molar-refractivity contribution is 0.368. The van der Waals surface area contributed by atoms with Gasteiger partial charge in [0, 0.05) is 4.90 Å². The average Bonchev–Trinajstić information content (AvgIpc) is 2.14. The molecule has 0 fully saturated rings. The zero-order chi connectivity index (χ0) is 9.84. The fourth-order valence-corrected chi connectivity index (χ4v) is 1.63. The molecule has 0 unspecified atom stereocenters. The molecule has 72 valence electrons. The van der Waals surface area contributed by atoms with Crippen molar-refractivity contribution >= 4 is 11.8 Å². The Hall–Kier alpha value is -0.770. The van der Waals surface area contributed by atoms with Gasteiger partial charge in [0.25, 0.3) is 0 Å². The SMILES string of the molecule is CCSc1ccc(OC)c(F)c1F. The smallest absolute Gasteiger partial charge is 0.201 e. The minimum Gasteiger partial charge on any atom is -0.494 e. The molecule has 13 heavy (non-hydrogen) atoms. The van der Waals surface area contributed by atoms with Crippen molar-refractivity contribution in [3.05, 3.63) is 23.8 Å². The first kappa shape index (κ1) is 10.3. The van der Waals surface area contributed by atoms with E-state index in [1.165, 1.54) is 31.0 Å². The molecule has 1 rings (SSSR count). The Kier molecular flexibility index (Phi) is 3.54. The highest BCUT2D eigenvalue weighted by Gasteiger charge is 2.13. The van der Waals surface area contributed by atoms with Gasteiger partial charge in [-0.2, -0.15) is 4.39 Å². The zero-order valence-electron chi connectivity index (χ0n) is 7.43. The topological polar surface area (TPSA) is 9.23 Å². The van der Waals surface area contributed by atoms with Crippen molar-refractivity contribution in [2.75, 3.05) is 12.9 Å². The summed E-state index contributed by atoms with van der Waals surface area (Å²) < 4.78 is 30.9. The van der Waals surface area contributed by atoms with Crippen LogP contribution in [0.25, 0.3) is 0 Å². The van der Waals surface area contributed by atoms with E-state index < -0.39 is 11.6 Å². The number of rotatable bonds is 3. The molecule has 0 amide bonds. The van der Waals surface area contributed by atoms with E-state index in [1.54, 1.807) is 0 Å². The van der Waals surface area contributed by atoms with E-state index in [0.717, 1.165) is 0 Å². The molecular formula is C9H10F2OS. The summed E-state index contributed by atoms with van der Waals surface area (Å²) in [5.41, 5.74) is 0. The molecule has 0 aliphatic rings. The summed E-state index contributed by atoms with van der Waals surface area (Å²) >= 11 is 1.26. The second kappa shape index (κ2) is 4.46. The molecule has 0 N–H and O–H groups in total. The molecule has 0 saturated heterocycles. The number of halogens is 2. The van der Waals surface area contributed by atoms with Crippen LogP contribution >= 0.6 is 11.8 Å². The van der Waals surface area contributed by atoms with Gasteiger partial charge in [0.05, 0.1) is 7.11 Å². The van der Waals surface area contributed by atoms with Crippen molar-refractivity contribution in [1.82, 2.24) is 0 Å². The normalized spacial score (nSPS) is 10.2. The van der Waals surface area contributed by atoms with Gasteiger partial charge in [-0.3, -0.25) is 0 Å². The largest absolute Gasteiger partial charge is 0.494 e. The first-order valence-electron chi connectivity index (χ1n) is 3.85. The lowest BCUT2D eigenvalue weighted by Gasteiger charge is -2.05. The van der Waals surface area contributed by atoms with Gasteiger partial charge in [-0.05, 0) is 17.9 Å². The Morgan fingerprint density at radius 2 is 2.00 bits per heavy atom. The summed E-state index contributed by atoms with van der Waals surface area (Å²) in [6.07, 6.45) is 0. The van der Waals surface area contributed by atoms with Gasteiger partial charge >= 0.3 is 0 Å². The first-order chi connectivity index (χ1) is 6.20. The fraction of sp³-hybridized carbons (Fsp3) is 0.333. The monoisotopic (exact) mass is 204 g/mol. The number of benzene rings is 1. The summed E-state index contributed by atoms with van der Waals surface area (Å²) in [6.45, 7) is 1.88. The van der Waals surface area contributed by atoms with Crippen molar-refractivity contribution in [3.63, 3.8) is 0 Å². The van der Waals surface area contributed by atoms with E-state index in [2.05, 4.69) is 4.74 Å². The second-order valence-corrected chi connectivity index (χ2v) is 3.63. The van der Waals surface area contributed by atoms with Crippen LogP contribution in [0.15, 0.2) is 17.0 Å². The lowest BCUT2D eigenvalue weighted by Crippen LogP contribution is -1.93. The summed E-state index contributed by atoms with van der Waals surface area (Å²) in [6, 6.07) is 2.95. The summed E-state index contributed by atoms with van der Waals surface area (Å²) in [7, 11) is 1.31. The predicted octanol–water partition coefficient (Wildman–Crippen LogP) is 3.09. The molecule has 0 saturated carbocycles. The molecule has 0 spiro atoms. The molecule has 4 heteroatoms. The molecule has 1 aromatic carbocycles. The van der Waals surface area contributed by atoms with Crippen LogP contribution in [0.3, 0.4) is 0 Å². The maximum absolute atomic E-state index is 13.2. The van der Waals surface area contributed by atoms with Crippen molar-refractivity contribution in [2.24, 2.45) is 0 Å². The fourth-order valence-electron chi connectivity index (χ4n) is 0.939. The van der Waals surface area contributed by atoms with Crippen molar-refractivity contribution in [2.45, 2.75) is 11.8 Å². The van der Waals surface area contributed by atoms with Gasteiger partial charge in [-0.25, -0.2) is 4.39 Å². The maximum atomic E-state index is 13.2. The molecular weight excluding hydrogens is 194 g/mol. The Balaban J connectivity index is 3.07. The minimum absolute atomic E-state index is 0.0575. The molecule has 0 atom stereocenters. The molecule has 1 aromatic rings. The van der Waals surface area contributed by atoms with Crippen LogP contribution in [0.1, 0.15) is 6.92 Å². The number of ether oxygens (including phenoxy) is 1. The molecule has 0 heterocycles. The Morgan fingerprint density at radius 1 is 1.31 bits per heavy atom. The molecule has 0 aromatic heterocycles. The van der Waals surface area contributed by atoms with E-state index in [1.807, 2.05) is 6.92 Å². The number of hydrogen-bond donors (Lipinski definition) is 0. The van der Waals surface area contributed by atoms with Crippen LogP contribution < -0.4 is 4.74 Å². The second-order valence-electron chi connectivity index (χ2n) is 2.33. The van der Waals surface area contributed by atoms with Crippen LogP contribution in [0, 0.1) is 11.6 Å². The predicted molar refractivity (Wildman–Crippen MR) is 49.3 cm³/mol. The minimum atomic E-state index is -0.916. The van der Waals surface area contributed by atoms with Crippen molar-refractivity contribution < 1.29 is 13.5 Å². The summed E-state index contributed by atoms with van der Waals surface area (Å²) in [4.78, 5) is 0.320. The third-order valence-corrected chi connectivity index (χ3v) is 2.45. The van der Waals surface area contributed by atoms with Gasteiger partial charge in [0.2, 0.25) is 5.82 Å². The summed E-state index contributed by atoms with van der Waals surface area (Å²) in [5, 5.41) is 0. The van der Waals surface area contributed by atoms with Crippen LogP contribution in [0.2, 0.25) is 0 Å². The van der Waals surface area contributed by atoms with Gasteiger partial charge in [-0.15, -0.1) is 11.8 Å². The standard InChI is InChI=1S/C9H10F2OS/c1-3-13-7-5-4-6(12-2)8(10)9(7)11/h4-5H,3H2,1-2H3. The number of thioether (sulfide) groups is 1. The van der Waals surface area contributed by atoms with Gasteiger partial charge in [-0.1, -0.05) is 6.92 Å². The summed E-state index contributed by atoms with van der Waals surface area (Å²) in [5.74, 6) is -1.09. The Labute approximate surface area is 80.1 Å². The number of methoxy groups -OCH3 is 1. The van der Waals surface area contributed by atoms with Crippen LogP contribution in [-0.4, -0.2) is 12.9 Å². The van der Waals surface area contributed by atoms with Crippen LogP contribution in [0.4, 0.5) is 8.78 Å². The highest BCUT2D eigenvalue weighted by atomic mass is 32.2. The third kappa shape index (κ3) is 2.12. The third-order valence-electron chi connectivity index (χ3n) is 1.53. The van der Waals surface area contributed by atoms with Crippen LogP contribution in [-0.2, 0) is 0 Å². The van der Waals surface area contributed by atoms with Gasteiger partial charge in [0.15, 0.2) is 11.6 Å². The zero-order valence-corrected chi connectivity index (χ0v) is 8.25. The molecule has 0 aliphatic carbocycles. The van der Waals surface area contributed by atoms with E-state index in [4.69, 9.17) is 0 Å². The van der Waals surface area contributed by atoms with E-state index in [0.29, 0.717) is 10.6 Å². The highest BCUT2D eigenvalue weighted by molar-refractivity contribution is 7.99. The van der Waals surface area contributed by atoms with Crippen LogP contribution in [0.5, 0.6) is 5.75 Å². The van der Waals surface area contributed by atoms with E-state index >= 15 is 0 Å². The average molecular weight is 204 g/mol. The van der Waals surface area contributed by atoms with E-state index in [-0.39, 0.29) is 5.75 Å². The van der Waals surface area contributed by atoms with Gasteiger partial charge in [0.1, 0.15) is 0 Å². The first-order valence-corrected chi connectivity index (χ1v) is 4.84. The van der Waals surface area contributed by atoms with Crippen molar-refractivity contribution in [1.29, 1.82) is 0 Å². The molecule has 0 bridgehead atoms. The van der Waals surface area contributed by atoms with Crippen molar-refractivity contribution in [3.8, 4) is 5.75 Å².